The smallest absolute Gasteiger partial charge is 0.311 e. The molecule has 0 atom stereocenters. The molecule has 8 nitrogen and oxygen atoms in total. The SMILES string of the molecule is CC.CC/C(N)=C/C(=N)c1cnc2ccc(NC34CCC(C(=O)OC)(CC3)CC4)nn12. The van der Waals surface area contributed by atoms with Crippen LogP contribution < -0.4 is 11.1 Å². The van der Waals surface area contributed by atoms with Gasteiger partial charge < -0.3 is 15.8 Å². The number of hydrogen-bond donors (Lipinski definition) is 3. The van der Waals surface area contributed by atoms with Crippen LogP contribution in [-0.2, 0) is 9.53 Å². The van der Waals surface area contributed by atoms with Crippen molar-refractivity contribution in [3.63, 3.8) is 0 Å². The Kier molecular flexibility index (Phi) is 6.67. The van der Waals surface area contributed by atoms with Crippen LogP contribution in [0.5, 0.6) is 0 Å². The van der Waals surface area contributed by atoms with Crippen molar-refractivity contribution in [3.8, 4) is 0 Å². The molecule has 0 amide bonds. The molecule has 168 valence electrons. The number of carbonyl (C=O) groups is 1. The van der Waals surface area contributed by atoms with Gasteiger partial charge >= 0.3 is 5.97 Å². The number of nitrogens with one attached hydrogen (secondary N) is 2. The second-order valence-electron chi connectivity index (χ2n) is 8.30. The average molecular weight is 427 g/mol. The van der Waals surface area contributed by atoms with Crippen molar-refractivity contribution < 1.29 is 9.53 Å². The zero-order valence-electron chi connectivity index (χ0n) is 19.0. The molecule has 0 aromatic carbocycles. The Morgan fingerprint density at radius 3 is 2.48 bits per heavy atom. The van der Waals surface area contributed by atoms with Gasteiger partial charge in [0.25, 0.3) is 0 Å². The van der Waals surface area contributed by atoms with E-state index >= 15 is 0 Å². The number of methoxy groups -OCH3 is 1. The molecular weight excluding hydrogens is 392 g/mol. The first kappa shape index (κ1) is 22.8. The minimum absolute atomic E-state index is 0.0444. The van der Waals surface area contributed by atoms with Gasteiger partial charge in [-0.3, -0.25) is 10.2 Å². The number of allylic oxidation sites excluding steroid dienone is 2. The highest BCUT2D eigenvalue weighted by molar-refractivity contribution is 6.05. The van der Waals surface area contributed by atoms with Crippen LogP contribution in [-0.4, -0.2) is 38.9 Å². The summed E-state index contributed by atoms with van der Waals surface area (Å²) < 4.78 is 6.74. The lowest BCUT2D eigenvalue weighted by molar-refractivity contribution is -0.159. The lowest BCUT2D eigenvalue weighted by Gasteiger charge is -2.52. The first-order valence-electron chi connectivity index (χ1n) is 11.2. The van der Waals surface area contributed by atoms with Crippen LogP contribution in [0.25, 0.3) is 5.65 Å². The first-order valence-corrected chi connectivity index (χ1v) is 11.2. The Balaban J connectivity index is 0.00000132. The summed E-state index contributed by atoms with van der Waals surface area (Å²) in [5.74, 6) is 0.691. The number of hydrogen-bond acceptors (Lipinski definition) is 7. The van der Waals surface area contributed by atoms with Crippen molar-refractivity contribution in [2.24, 2.45) is 11.1 Å². The van der Waals surface area contributed by atoms with Crippen LogP contribution in [0, 0.1) is 10.8 Å². The molecule has 31 heavy (non-hydrogen) atoms. The van der Waals surface area contributed by atoms with Gasteiger partial charge in [-0.05, 0) is 63.2 Å². The standard InChI is InChI=1S/C21H28N6O2.C2H6/c1-3-14(22)12-15(23)16-13-24-18-5-4-17(26-27(16)18)25-21-9-6-20(7-10-21,8-11-21)19(28)29-2;1-2/h4-5,12-13,23H,3,6-11,22H2,1-2H3,(H,25,26);1-2H3/b14-12-,23-15?;. The third-order valence-corrected chi connectivity index (χ3v) is 6.63. The number of nitrogens with zero attached hydrogens (tertiary/aromatic N) is 3. The van der Waals surface area contributed by atoms with E-state index in [9.17, 15) is 4.79 Å². The topological polar surface area (TPSA) is 118 Å². The van der Waals surface area contributed by atoms with E-state index in [1.54, 1.807) is 16.8 Å². The van der Waals surface area contributed by atoms with Crippen molar-refractivity contribution in [3.05, 3.63) is 35.8 Å². The number of imidazole rings is 1. The number of aromatic nitrogens is 3. The first-order chi connectivity index (χ1) is 14.9. The van der Waals surface area contributed by atoms with E-state index in [1.165, 1.54) is 7.11 Å². The van der Waals surface area contributed by atoms with Crippen molar-refractivity contribution in [2.45, 2.75) is 71.3 Å². The van der Waals surface area contributed by atoms with Crippen LogP contribution in [0.2, 0.25) is 0 Å². The molecule has 3 aliphatic carbocycles. The number of esters is 1. The zero-order chi connectivity index (χ0) is 22.6. The molecule has 2 bridgehead atoms. The molecule has 0 aliphatic heterocycles. The Morgan fingerprint density at radius 1 is 1.26 bits per heavy atom. The highest BCUT2D eigenvalue weighted by Gasteiger charge is 2.53. The number of rotatable bonds is 6. The van der Waals surface area contributed by atoms with Crippen molar-refractivity contribution >= 4 is 23.1 Å². The Morgan fingerprint density at radius 2 is 1.90 bits per heavy atom. The van der Waals surface area contributed by atoms with Crippen LogP contribution >= 0.6 is 0 Å². The molecule has 5 rings (SSSR count). The van der Waals surface area contributed by atoms with Gasteiger partial charge in [-0.2, -0.15) is 0 Å². The molecule has 2 heterocycles. The van der Waals surface area contributed by atoms with Crippen molar-refractivity contribution in [1.82, 2.24) is 14.6 Å². The Bertz CT molecular complexity index is 969. The lowest BCUT2D eigenvalue weighted by Crippen LogP contribution is -2.53. The van der Waals surface area contributed by atoms with Gasteiger partial charge in [0.2, 0.25) is 0 Å². The minimum atomic E-state index is -0.298. The summed E-state index contributed by atoms with van der Waals surface area (Å²) in [5, 5.41) is 16.7. The number of anilines is 1. The van der Waals surface area contributed by atoms with E-state index in [-0.39, 0.29) is 22.6 Å². The third-order valence-electron chi connectivity index (χ3n) is 6.63. The second kappa shape index (κ2) is 9.08. The molecule has 2 aromatic heterocycles. The van der Waals surface area contributed by atoms with E-state index < -0.39 is 0 Å². The molecule has 8 heteroatoms. The monoisotopic (exact) mass is 426 g/mol. The van der Waals surface area contributed by atoms with Crippen LogP contribution in [0.3, 0.4) is 0 Å². The van der Waals surface area contributed by atoms with Crippen LogP contribution in [0.15, 0.2) is 30.1 Å². The number of nitrogens with two attached hydrogens (primary N) is 1. The molecule has 0 radical (unpaired) electrons. The number of fused-ring (bicyclic) bond motifs is 4. The molecule has 0 spiro atoms. The number of carbonyl (C=O) groups excluding carboxylic acids is 1. The van der Waals surface area contributed by atoms with E-state index in [4.69, 9.17) is 21.0 Å². The Labute approximate surface area is 183 Å². The van der Waals surface area contributed by atoms with Gasteiger partial charge in [0.1, 0.15) is 11.5 Å². The summed E-state index contributed by atoms with van der Waals surface area (Å²) in [4.78, 5) is 16.6. The summed E-state index contributed by atoms with van der Waals surface area (Å²) in [7, 11) is 1.48. The fourth-order valence-electron chi connectivity index (χ4n) is 4.65. The molecule has 3 fully saturated rings. The predicted molar refractivity (Wildman–Crippen MR) is 122 cm³/mol. The fourth-order valence-corrected chi connectivity index (χ4v) is 4.65. The lowest BCUT2D eigenvalue weighted by atomic mass is 9.57. The number of ether oxygens (including phenoxy) is 1. The summed E-state index contributed by atoms with van der Waals surface area (Å²) >= 11 is 0. The fraction of sp³-hybridized carbons (Fsp3) is 0.565. The molecule has 0 saturated heterocycles. The maximum absolute atomic E-state index is 12.2. The van der Waals surface area contributed by atoms with Crippen molar-refractivity contribution in [2.75, 3.05) is 12.4 Å². The summed E-state index contributed by atoms with van der Waals surface area (Å²) in [6.45, 7) is 5.95. The average Bonchev–Trinajstić information content (AvgIpc) is 3.24. The second-order valence-corrected chi connectivity index (χ2v) is 8.30. The van der Waals surface area contributed by atoms with Gasteiger partial charge in [-0.15, -0.1) is 5.10 Å². The molecule has 4 N–H and O–H groups in total. The van der Waals surface area contributed by atoms with Gasteiger partial charge in [-0.1, -0.05) is 20.8 Å². The summed E-state index contributed by atoms with van der Waals surface area (Å²) in [5.41, 5.74) is 7.78. The maximum atomic E-state index is 12.2. The van der Waals surface area contributed by atoms with Crippen molar-refractivity contribution in [1.29, 1.82) is 5.41 Å². The summed E-state index contributed by atoms with van der Waals surface area (Å²) in [6.07, 6.45) is 9.29. The van der Waals surface area contributed by atoms with E-state index in [2.05, 4.69) is 10.3 Å². The zero-order valence-corrected chi connectivity index (χ0v) is 19.0. The van der Waals surface area contributed by atoms with Gasteiger partial charge in [0, 0.05) is 11.2 Å². The maximum Gasteiger partial charge on any atom is 0.311 e. The Hall–Kier alpha value is -2.90. The van der Waals surface area contributed by atoms with E-state index in [1.807, 2.05) is 32.9 Å². The largest absolute Gasteiger partial charge is 0.469 e. The highest BCUT2D eigenvalue weighted by atomic mass is 16.5. The normalized spacial score (nSPS) is 25.0. The highest BCUT2D eigenvalue weighted by Crippen LogP contribution is 2.53. The molecule has 3 saturated carbocycles. The molecule has 3 aliphatic rings. The summed E-state index contributed by atoms with van der Waals surface area (Å²) in [6, 6.07) is 3.83. The van der Waals surface area contributed by atoms with Crippen LogP contribution in [0.1, 0.15) is 71.4 Å². The predicted octanol–water partition coefficient (Wildman–Crippen LogP) is 4.05. The van der Waals surface area contributed by atoms with E-state index in [0.717, 1.165) is 44.3 Å². The molecular formula is C23H34N6O2. The van der Waals surface area contributed by atoms with Gasteiger partial charge in [0.15, 0.2) is 5.65 Å². The van der Waals surface area contributed by atoms with E-state index in [0.29, 0.717) is 23.5 Å². The minimum Gasteiger partial charge on any atom is -0.469 e. The quantitative estimate of drug-likeness (QED) is 0.474. The third kappa shape index (κ3) is 4.29. The molecule has 0 unspecified atom stereocenters. The molecule has 2 aromatic rings. The van der Waals surface area contributed by atoms with Crippen LogP contribution in [0.4, 0.5) is 5.82 Å². The van der Waals surface area contributed by atoms with Gasteiger partial charge in [-0.25, -0.2) is 9.50 Å². The van der Waals surface area contributed by atoms with Gasteiger partial charge in [0.05, 0.1) is 24.4 Å².